The number of methoxy groups -OCH3 is 1. The number of carbonyl (C=O) groups is 1. The van der Waals surface area contributed by atoms with Gasteiger partial charge in [0, 0.05) is 38.8 Å². The van der Waals surface area contributed by atoms with Gasteiger partial charge in [-0.05, 0) is 31.0 Å². The number of amides is 1. The third kappa shape index (κ3) is 3.71. The van der Waals surface area contributed by atoms with E-state index in [2.05, 4.69) is 10.2 Å². The van der Waals surface area contributed by atoms with Crippen molar-refractivity contribution in [3.63, 3.8) is 0 Å². The highest BCUT2D eigenvalue weighted by Crippen LogP contribution is 2.35. The molecule has 1 aromatic carbocycles. The predicted molar refractivity (Wildman–Crippen MR) is 89.3 cm³/mol. The first-order valence-electron chi connectivity index (χ1n) is 8.28. The number of likely N-dealkylation sites (tertiary alicyclic amines) is 1. The summed E-state index contributed by atoms with van der Waals surface area (Å²) in [6.07, 6.45) is 0.461. The molecule has 1 unspecified atom stereocenters. The lowest BCUT2D eigenvalue weighted by Crippen LogP contribution is -2.60. The number of rotatable bonds is 6. The SMILES string of the molecule is COCC(C)CC(=O)N1CC(C)(c2nnc(-c3cccc(F)c3)o2)C1. The Hall–Kier alpha value is -2.28. The largest absolute Gasteiger partial charge is 0.420 e. The second kappa shape index (κ2) is 6.92. The Morgan fingerprint density at radius 3 is 2.88 bits per heavy atom. The molecule has 2 aromatic rings. The third-order valence-corrected chi connectivity index (χ3v) is 4.42. The number of hydrogen-bond donors (Lipinski definition) is 0. The van der Waals surface area contributed by atoms with Crippen LogP contribution in [0, 0.1) is 11.7 Å². The zero-order valence-corrected chi connectivity index (χ0v) is 14.7. The first-order valence-corrected chi connectivity index (χ1v) is 8.28. The second-order valence-electron chi connectivity index (χ2n) is 7.00. The van der Waals surface area contributed by atoms with Crippen LogP contribution in [0.3, 0.4) is 0 Å². The van der Waals surface area contributed by atoms with Crippen LogP contribution in [0.1, 0.15) is 26.2 Å². The van der Waals surface area contributed by atoms with Crippen molar-refractivity contribution in [1.82, 2.24) is 15.1 Å². The fraction of sp³-hybridized carbons (Fsp3) is 0.500. The van der Waals surface area contributed by atoms with E-state index in [-0.39, 0.29) is 28.9 Å². The van der Waals surface area contributed by atoms with Gasteiger partial charge < -0.3 is 14.1 Å². The highest BCUT2D eigenvalue weighted by molar-refractivity contribution is 5.77. The summed E-state index contributed by atoms with van der Waals surface area (Å²) in [5, 5.41) is 8.12. The molecule has 0 radical (unpaired) electrons. The van der Waals surface area contributed by atoms with Gasteiger partial charge in [0.2, 0.25) is 17.7 Å². The normalized spacial score (nSPS) is 17.2. The van der Waals surface area contributed by atoms with Crippen molar-refractivity contribution in [2.75, 3.05) is 26.8 Å². The van der Waals surface area contributed by atoms with Crippen LogP contribution in [-0.2, 0) is 14.9 Å². The van der Waals surface area contributed by atoms with E-state index in [9.17, 15) is 9.18 Å². The lowest BCUT2D eigenvalue weighted by atomic mass is 9.81. The molecular weight excluding hydrogens is 325 g/mol. The number of nitrogens with zero attached hydrogens (tertiary/aromatic N) is 3. The molecule has 1 aliphatic rings. The second-order valence-corrected chi connectivity index (χ2v) is 7.00. The van der Waals surface area contributed by atoms with Gasteiger partial charge in [-0.15, -0.1) is 10.2 Å². The minimum atomic E-state index is -0.362. The average molecular weight is 347 g/mol. The number of ether oxygens (including phenoxy) is 1. The van der Waals surface area contributed by atoms with Gasteiger partial charge in [-0.2, -0.15) is 0 Å². The Bertz CT molecular complexity index is 756. The van der Waals surface area contributed by atoms with Crippen molar-refractivity contribution in [2.45, 2.75) is 25.7 Å². The van der Waals surface area contributed by atoms with Crippen LogP contribution in [0.4, 0.5) is 4.39 Å². The van der Waals surface area contributed by atoms with Crippen LogP contribution in [0.5, 0.6) is 0 Å². The van der Waals surface area contributed by atoms with Gasteiger partial charge in [0.25, 0.3) is 0 Å². The van der Waals surface area contributed by atoms with E-state index in [1.807, 2.05) is 13.8 Å². The van der Waals surface area contributed by atoms with E-state index in [1.165, 1.54) is 12.1 Å². The summed E-state index contributed by atoms with van der Waals surface area (Å²) >= 11 is 0. The van der Waals surface area contributed by atoms with Crippen molar-refractivity contribution in [3.05, 3.63) is 36.0 Å². The van der Waals surface area contributed by atoms with E-state index >= 15 is 0 Å². The Balaban J connectivity index is 1.63. The standard InChI is InChI=1S/C18H22FN3O3/c1-12(9-24-3)7-15(23)22-10-18(2,11-22)17-21-20-16(25-17)13-5-4-6-14(19)8-13/h4-6,8,12H,7,9-11H2,1-3H3. The molecule has 7 heteroatoms. The molecule has 0 spiro atoms. The van der Waals surface area contributed by atoms with Crippen LogP contribution in [0.2, 0.25) is 0 Å². The van der Waals surface area contributed by atoms with E-state index in [4.69, 9.17) is 9.15 Å². The molecular formula is C18H22FN3O3. The fourth-order valence-electron chi connectivity index (χ4n) is 3.08. The average Bonchev–Trinajstić information content (AvgIpc) is 3.02. The molecule has 6 nitrogen and oxygen atoms in total. The fourth-order valence-corrected chi connectivity index (χ4v) is 3.08. The van der Waals surface area contributed by atoms with Crippen molar-refractivity contribution in [2.24, 2.45) is 5.92 Å². The molecule has 1 aliphatic heterocycles. The number of hydrogen-bond acceptors (Lipinski definition) is 5. The number of aromatic nitrogens is 2. The van der Waals surface area contributed by atoms with Crippen molar-refractivity contribution < 1.29 is 18.3 Å². The Morgan fingerprint density at radius 2 is 2.20 bits per heavy atom. The topological polar surface area (TPSA) is 68.5 Å². The van der Waals surface area contributed by atoms with Crippen molar-refractivity contribution in [3.8, 4) is 11.5 Å². The van der Waals surface area contributed by atoms with Gasteiger partial charge in [0.05, 0.1) is 5.41 Å². The zero-order chi connectivity index (χ0) is 18.0. The molecule has 1 fully saturated rings. The van der Waals surface area contributed by atoms with Gasteiger partial charge in [-0.1, -0.05) is 13.0 Å². The summed E-state index contributed by atoms with van der Waals surface area (Å²) in [6, 6.07) is 6.03. The van der Waals surface area contributed by atoms with Crippen molar-refractivity contribution >= 4 is 5.91 Å². The van der Waals surface area contributed by atoms with E-state index in [0.29, 0.717) is 37.6 Å². The van der Waals surface area contributed by atoms with Gasteiger partial charge >= 0.3 is 0 Å². The molecule has 0 saturated carbocycles. The maximum absolute atomic E-state index is 13.3. The lowest BCUT2D eigenvalue weighted by Gasteiger charge is -2.45. The molecule has 2 heterocycles. The predicted octanol–water partition coefficient (Wildman–Crippen LogP) is 2.65. The van der Waals surface area contributed by atoms with Gasteiger partial charge in [-0.25, -0.2) is 4.39 Å². The maximum Gasteiger partial charge on any atom is 0.247 e. The van der Waals surface area contributed by atoms with Crippen LogP contribution >= 0.6 is 0 Å². The van der Waals surface area contributed by atoms with Gasteiger partial charge in [-0.3, -0.25) is 4.79 Å². The van der Waals surface area contributed by atoms with E-state index in [1.54, 1.807) is 24.1 Å². The molecule has 1 atom stereocenters. The molecule has 0 bridgehead atoms. The lowest BCUT2D eigenvalue weighted by molar-refractivity contribution is -0.140. The van der Waals surface area contributed by atoms with Gasteiger partial charge in [0.1, 0.15) is 5.82 Å². The molecule has 0 N–H and O–H groups in total. The molecule has 25 heavy (non-hydrogen) atoms. The van der Waals surface area contributed by atoms with Crippen molar-refractivity contribution in [1.29, 1.82) is 0 Å². The highest BCUT2D eigenvalue weighted by Gasteiger charge is 2.46. The number of benzene rings is 1. The Morgan fingerprint density at radius 1 is 1.44 bits per heavy atom. The van der Waals surface area contributed by atoms with Crippen LogP contribution < -0.4 is 0 Å². The Kier molecular flexibility index (Phi) is 4.85. The van der Waals surface area contributed by atoms with Crippen LogP contribution in [-0.4, -0.2) is 47.8 Å². The van der Waals surface area contributed by atoms with Gasteiger partial charge in [0.15, 0.2) is 0 Å². The molecule has 134 valence electrons. The summed E-state index contributed by atoms with van der Waals surface area (Å²) in [6.45, 7) is 5.62. The number of carbonyl (C=O) groups excluding carboxylic acids is 1. The minimum Gasteiger partial charge on any atom is -0.420 e. The summed E-state index contributed by atoms with van der Waals surface area (Å²) in [4.78, 5) is 14.0. The quantitative estimate of drug-likeness (QED) is 0.803. The van der Waals surface area contributed by atoms with E-state index in [0.717, 1.165) is 0 Å². The molecule has 1 saturated heterocycles. The first kappa shape index (κ1) is 17.5. The molecule has 1 aromatic heterocycles. The maximum atomic E-state index is 13.3. The zero-order valence-electron chi connectivity index (χ0n) is 14.7. The third-order valence-electron chi connectivity index (χ3n) is 4.42. The summed E-state index contributed by atoms with van der Waals surface area (Å²) in [5.74, 6) is 0.697. The Labute approximate surface area is 146 Å². The van der Waals surface area contributed by atoms with Crippen LogP contribution in [0.15, 0.2) is 28.7 Å². The molecule has 3 rings (SSSR count). The summed E-state index contributed by atoms with van der Waals surface area (Å²) in [7, 11) is 1.63. The molecule has 0 aliphatic carbocycles. The molecule has 1 amide bonds. The first-order chi connectivity index (χ1) is 11.9. The number of halogens is 1. The van der Waals surface area contributed by atoms with Crippen LogP contribution in [0.25, 0.3) is 11.5 Å². The van der Waals surface area contributed by atoms with E-state index < -0.39 is 0 Å². The minimum absolute atomic E-state index is 0.104. The smallest absolute Gasteiger partial charge is 0.247 e. The highest BCUT2D eigenvalue weighted by atomic mass is 19.1. The monoisotopic (exact) mass is 347 g/mol. The summed E-state index contributed by atoms with van der Waals surface area (Å²) < 4.78 is 24.1. The summed E-state index contributed by atoms with van der Waals surface area (Å²) in [5.41, 5.74) is 0.182.